The Morgan fingerprint density at radius 1 is 0.929 bits per heavy atom. The third-order valence-electron chi connectivity index (χ3n) is 5.67. The number of fused-ring (bicyclic) bond motifs is 1. The molecule has 28 heavy (non-hydrogen) atoms. The van der Waals surface area contributed by atoms with E-state index in [1.54, 1.807) is 0 Å². The first-order valence-electron chi connectivity index (χ1n) is 10.9. The predicted octanol–water partition coefficient (Wildman–Crippen LogP) is 5.47. The van der Waals surface area contributed by atoms with Crippen LogP contribution in [0.1, 0.15) is 47.0 Å². The molecule has 1 aromatic heterocycles. The van der Waals surface area contributed by atoms with Gasteiger partial charge in [-0.1, -0.05) is 27.7 Å². The lowest BCUT2D eigenvalue weighted by Gasteiger charge is -2.26. The van der Waals surface area contributed by atoms with Crippen molar-refractivity contribution in [3.8, 4) is 0 Å². The van der Waals surface area contributed by atoms with Crippen LogP contribution in [-0.2, 0) is 0 Å². The molecular weight excluding hydrogens is 459 g/mol. The monoisotopic (exact) mass is 496 g/mol. The minimum atomic E-state index is 0.487. The van der Waals surface area contributed by atoms with Gasteiger partial charge in [-0.05, 0) is 98.8 Å². The van der Waals surface area contributed by atoms with E-state index in [1.165, 1.54) is 40.5 Å². The Labute approximate surface area is 185 Å². The molecule has 0 aliphatic rings. The van der Waals surface area contributed by atoms with Crippen molar-refractivity contribution in [1.82, 2.24) is 14.8 Å². The number of nitrogens with one attached hydrogen (secondary N) is 1. The van der Waals surface area contributed by atoms with Gasteiger partial charge in [0.15, 0.2) is 0 Å². The second-order valence-corrected chi connectivity index (χ2v) is 8.59. The van der Waals surface area contributed by atoms with E-state index >= 15 is 0 Å². The third kappa shape index (κ3) is 7.16. The molecule has 0 saturated carbocycles. The lowest BCUT2D eigenvalue weighted by Crippen LogP contribution is -2.31. The number of rotatable bonds is 13. The molecule has 0 fully saturated rings. The molecule has 0 radical (unpaired) electrons. The van der Waals surface area contributed by atoms with Crippen molar-refractivity contribution in [2.24, 2.45) is 0 Å². The number of halogens is 1. The van der Waals surface area contributed by atoms with Crippen LogP contribution in [0, 0.1) is 3.57 Å². The predicted molar refractivity (Wildman–Crippen MR) is 131 cm³/mol. The highest BCUT2D eigenvalue weighted by Crippen LogP contribution is 2.25. The number of hydrogen-bond donors (Lipinski definition) is 1. The van der Waals surface area contributed by atoms with E-state index < -0.39 is 0 Å². The molecule has 2 aromatic rings. The fourth-order valence-corrected chi connectivity index (χ4v) is 4.21. The summed E-state index contributed by atoms with van der Waals surface area (Å²) in [4.78, 5) is 9.60. The smallest absolute Gasteiger partial charge is 0.0733 e. The fraction of sp³-hybridized carbons (Fsp3) is 0.609. The van der Waals surface area contributed by atoms with Crippen molar-refractivity contribution in [2.45, 2.75) is 53.0 Å². The summed E-state index contributed by atoms with van der Waals surface area (Å²) in [5, 5.41) is 5.09. The maximum absolute atomic E-state index is 4.56. The van der Waals surface area contributed by atoms with Crippen molar-refractivity contribution in [3.05, 3.63) is 34.0 Å². The summed E-state index contributed by atoms with van der Waals surface area (Å²) in [6.45, 7) is 15.9. The molecule has 0 spiro atoms. The van der Waals surface area contributed by atoms with E-state index in [0.717, 1.165) is 38.2 Å². The van der Waals surface area contributed by atoms with Gasteiger partial charge in [-0.2, -0.15) is 0 Å². The molecule has 0 saturated heterocycles. The van der Waals surface area contributed by atoms with Gasteiger partial charge in [0, 0.05) is 33.4 Å². The third-order valence-corrected chi connectivity index (χ3v) is 6.34. The topological polar surface area (TPSA) is 31.4 Å². The number of pyridine rings is 1. The number of benzene rings is 1. The number of aromatic nitrogens is 1. The maximum atomic E-state index is 4.56. The zero-order chi connectivity index (χ0) is 20.4. The Morgan fingerprint density at radius 3 is 2.29 bits per heavy atom. The molecule has 0 aliphatic carbocycles. The Bertz CT molecular complexity index is 698. The summed E-state index contributed by atoms with van der Waals surface area (Å²) in [5.74, 6) is 0. The highest BCUT2D eigenvalue weighted by atomic mass is 127. The first-order chi connectivity index (χ1) is 13.6. The first-order valence-corrected chi connectivity index (χ1v) is 11.9. The van der Waals surface area contributed by atoms with Gasteiger partial charge in [0.1, 0.15) is 0 Å². The van der Waals surface area contributed by atoms with E-state index in [-0.39, 0.29) is 0 Å². The van der Waals surface area contributed by atoms with Crippen LogP contribution in [0.3, 0.4) is 0 Å². The van der Waals surface area contributed by atoms with Crippen LogP contribution in [0.4, 0.5) is 5.69 Å². The molecule has 0 amide bonds. The largest absolute Gasteiger partial charge is 0.382 e. The Balaban J connectivity index is 2.09. The zero-order valence-corrected chi connectivity index (χ0v) is 20.2. The van der Waals surface area contributed by atoms with Crippen LogP contribution in [0.2, 0.25) is 0 Å². The van der Waals surface area contributed by atoms with Crippen LogP contribution in [0.5, 0.6) is 0 Å². The van der Waals surface area contributed by atoms with Gasteiger partial charge in [-0.3, -0.25) is 4.98 Å². The van der Waals surface area contributed by atoms with Gasteiger partial charge in [0.05, 0.1) is 5.52 Å². The van der Waals surface area contributed by atoms with Gasteiger partial charge in [-0.15, -0.1) is 0 Å². The second kappa shape index (κ2) is 12.6. The van der Waals surface area contributed by atoms with E-state index in [9.17, 15) is 0 Å². The van der Waals surface area contributed by atoms with Crippen molar-refractivity contribution < 1.29 is 0 Å². The van der Waals surface area contributed by atoms with Crippen LogP contribution < -0.4 is 5.32 Å². The van der Waals surface area contributed by atoms with Gasteiger partial charge < -0.3 is 15.1 Å². The molecule has 0 bridgehead atoms. The van der Waals surface area contributed by atoms with Crippen LogP contribution in [0.25, 0.3) is 10.9 Å². The second-order valence-electron chi connectivity index (χ2n) is 7.35. The molecular formula is C23H37IN4. The molecule has 4 nitrogen and oxygen atoms in total. The van der Waals surface area contributed by atoms with E-state index in [0.29, 0.717) is 6.04 Å². The minimum Gasteiger partial charge on any atom is -0.382 e. The molecule has 1 unspecified atom stereocenters. The fourth-order valence-electron chi connectivity index (χ4n) is 3.74. The zero-order valence-electron chi connectivity index (χ0n) is 18.0. The highest BCUT2D eigenvalue weighted by molar-refractivity contribution is 14.1. The van der Waals surface area contributed by atoms with Gasteiger partial charge >= 0.3 is 0 Å². The standard InChI is InChI=1S/C23H37IN4/c1-5-27(6-2)16-9-10-20(14-17-28(7-3)8-4)26-22-13-15-25-23-18-19(24)11-12-21(22)23/h11-13,15,18,20H,5-10,14,16-17H2,1-4H3,(H,25,26). The van der Waals surface area contributed by atoms with E-state index in [1.807, 2.05) is 6.20 Å². The first kappa shape index (κ1) is 23.4. The number of nitrogens with zero attached hydrogens (tertiary/aromatic N) is 3. The summed E-state index contributed by atoms with van der Waals surface area (Å²) in [6.07, 6.45) is 5.54. The summed E-state index contributed by atoms with van der Waals surface area (Å²) >= 11 is 2.35. The van der Waals surface area contributed by atoms with Gasteiger partial charge in [-0.25, -0.2) is 0 Å². The molecule has 0 aliphatic heterocycles. The molecule has 1 atom stereocenters. The van der Waals surface area contributed by atoms with E-state index in [2.05, 4.69) is 94.7 Å². The van der Waals surface area contributed by atoms with Crippen molar-refractivity contribution in [2.75, 3.05) is 44.6 Å². The average molecular weight is 496 g/mol. The Hall–Kier alpha value is -0.920. The lowest BCUT2D eigenvalue weighted by atomic mass is 10.1. The molecule has 1 N–H and O–H groups in total. The van der Waals surface area contributed by atoms with E-state index in [4.69, 9.17) is 0 Å². The molecule has 156 valence electrons. The number of hydrogen-bond acceptors (Lipinski definition) is 4. The van der Waals surface area contributed by atoms with Crippen molar-refractivity contribution in [3.63, 3.8) is 0 Å². The van der Waals surface area contributed by atoms with Gasteiger partial charge in [0.2, 0.25) is 0 Å². The SMILES string of the molecule is CCN(CC)CCCC(CCN(CC)CC)Nc1ccnc2cc(I)ccc12. The van der Waals surface area contributed by atoms with Crippen molar-refractivity contribution >= 4 is 39.2 Å². The van der Waals surface area contributed by atoms with Crippen LogP contribution in [0.15, 0.2) is 30.5 Å². The summed E-state index contributed by atoms with van der Waals surface area (Å²) in [6, 6.07) is 9.14. The molecule has 2 rings (SSSR count). The molecule has 5 heteroatoms. The highest BCUT2D eigenvalue weighted by Gasteiger charge is 2.13. The summed E-state index contributed by atoms with van der Waals surface area (Å²) in [7, 11) is 0. The lowest BCUT2D eigenvalue weighted by molar-refractivity contribution is 0.277. The van der Waals surface area contributed by atoms with Crippen molar-refractivity contribution in [1.29, 1.82) is 0 Å². The van der Waals surface area contributed by atoms with Crippen LogP contribution >= 0.6 is 22.6 Å². The normalized spacial score (nSPS) is 12.8. The minimum absolute atomic E-state index is 0.487. The molecule has 1 aromatic carbocycles. The average Bonchev–Trinajstić information content (AvgIpc) is 2.71. The Morgan fingerprint density at radius 2 is 1.61 bits per heavy atom. The van der Waals surface area contributed by atoms with Gasteiger partial charge in [0.25, 0.3) is 0 Å². The maximum Gasteiger partial charge on any atom is 0.0733 e. The summed E-state index contributed by atoms with van der Waals surface area (Å²) in [5.41, 5.74) is 2.29. The molecule has 1 heterocycles. The quantitative estimate of drug-likeness (QED) is 0.373. The number of anilines is 1. The van der Waals surface area contributed by atoms with Crippen LogP contribution in [-0.4, -0.2) is 60.1 Å². The Kier molecular flexibility index (Phi) is 10.5. The summed E-state index contributed by atoms with van der Waals surface area (Å²) < 4.78 is 1.23.